The second kappa shape index (κ2) is 3.99. The summed E-state index contributed by atoms with van der Waals surface area (Å²) < 4.78 is 1.14. The number of halogens is 1. The van der Waals surface area contributed by atoms with Crippen LogP contribution in [0.4, 0.5) is 5.95 Å². The van der Waals surface area contributed by atoms with E-state index in [0.29, 0.717) is 0 Å². The fraction of sp³-hybridized carbons (Fsp3) is 0.333. The van der Waals surface area contributed by atoms with Gasteiger partial charge in [-0.1, -0.05) is 4.98 Å². The molecule has 0 fully saturated rings. The molecule has 0 saturated heterocycles. The number of hydrogen-bond acceptors (Lipinski definition) is 4. The van der Waals surface area contributed by atoms with Crippen molar-refractivity contribution in [1.82, 2.24) is 9.55 Å². The smallest absolute Gasteiger partial charge is 0.390 e. The Kier molecular flexibility index (Phi) is 2.97. The predicted molar refractivity (Wildman–Crippen MR) is 44.6 cm³/mol. The van der Waals surface area contributed by atoms with Gasteiger partial charge >= 0.3 is 5.95 Å². The molecule has 0 aliphatic heterocycles. The summed E-state index contributed by atoms with van der Waals surface area (Å²) in [5.74, 6) is -0.795. The second-order valence-corrected chi connectivity index (χ2v) is 2.55. The van der Waals surface area contributed by atoms with Gasteiger partial charge in [-0.2, -0.15) is 0 Å². The Morgan fingerprint density at radius 2 is 2.46 bits per heavy atom. The molecule has 7 heteroatoms. The van der Waals surface area contributed by atoms with E-state index >= 15 is 0 Å². The molecule has 6 nitrogen and oxygen atoms in total. The largest absolute Gasteiger partial charge is 0.434 e. The molecule has 0 spiro atoms. The van der Waals surface area contributed by atoms with Crippen LogP contribution in [0.2, 0.25) is 0 Å². The van der Waals surface area contributed by atoms with E-state index < -0.39 is 4.92 Å². The molecule has 0 aliphatic carbocycles. The van der Waals surface area contributed by atoms with Crippen LogP contribution in [0.5, 0.6) is 0 Å². The van der Waals surface area contributed by atoms with Crippen molar-refractivity contribution >= 4 is 23.3 Å². The number of hydrogen-bond donors (Lipinski definition) is 0. The maximum atomic E-state index is 10.9. The lowest BCUT2D eigenvalue weighted by Crippen LogP contribution is -2.12. The van der Waals surface area contributed by atoms with Crippen LogP contribution >= 0.6 is 11.6 Å². The van der Waals surface area contributed by atoms with Gasteiger partial charge in [0, 0.05) is 0 Å². The number of carbonyl (C=O) groups is 1. The molecule has 0 bridgehead atoms. The van der Waals surface area contributed by atoms with Gasteiger partial charge in [-0.15, -0.1) is 11.6 Å². The minimum atomic E-state index is -0.651. The van der Waals surface area contributed by atoms with Crippen LogP contribution in [0.1, 0.15) is 0 Å². The zero-order valence-corrected chi connectivity index (χ0v) is 7.27. The molecule has 0 saturated carbocycles. The highest BCUT2D eigenvalue weighted by molar-refractivity contribution is 6.27. The molecule has 0 N–H and O–H groups in total. The highest BCUT2D eigenvalue weighted by atomic mass is 35.5. The van der Waals surface area contributed by atoms with Crippen LogP contribution in [0.15, 0.2) is 12.4 Å². The summed E-state index contributed by atoms with van der Waals surface area (Å²) in [6, 6.07) is 0. The molecular weight excluding hydrogens is 198 g/mol. The lowest BCUT2D eigenvalue weighted by Gasteiger charge is -1.97. The maximum absolute atomic E-state index is 10.9. The molecule has 1 aromatic rings. The van der Waals surface area contributed by atoms with Gasteiger partial charge in [0.05, 0.1) is 5.88 Å². The first-order valence-electron chi connectivity index (χ1n) is 3.38. The van der Waals surface area contributed by atoms with Crippen LogP contribution in [-0.4, -0.2) is 26.1 Å². The Morgan fingerprint density at radius 3 is 3.00 bits per heavy atom. The molecule has 0 aliphatic rings. The van der Waals surface area contributed by atoms with Crippen molar-refractivity contribution in [3.63, 3.8) is 0 Å². The zero-order valence-electron chi connectivity index (χ0n) is 6.51. The van der Waals surface area contributed by atoms with Crippen LogP contribution in [-0.2, 0) is 11.3 Å². The number of rotatable bonds is 4. The predicted octanol–water partition coefficient (Wildman–Crippen LogP) is 0.599. The molecule has 70 valence electrons. The first kappa shape index (κ1) is 9.66. The number of nitrogens with zero attached hydrogens (tertiary/aromatic N) is 3. The molecule has 1 heterocycles. The summed E-state index contributed by atoms with van der Waals surface area (Å²) in [6.07, 6.45) is 2.63. The van der Waals surface area contributed by atoms with Crippen molar-refractivity contribution in [2.45, 2.75) is 6.54 Å². The van der Waals surface area contributed by atoms with E-state index in [9.17, 15) is 14.9 Å². The number of nitro groups is 1. The van der Waals surface area contributed by atoms with E-state index in [1.165, 1.54) is 12.4 Å². The first-order chi connectivity index (χ1) is 6.15. The second-order valence-electron chi connectivity index (χ2n) is 2.28. The summed E-state index contributed by atoms with van der Waals surface area (Å²) in [6.45, 7) is -0.111. The average Bonchev–Trinajstić information content (AvgIpc) is 2.52. The van der Waals surface area contributed by atoms with Crippen molar-refractivity contribution in [1.29, 1.82) is 0 Å². The summed E-state index contributed by atoms with van der Waals surface area (Å²) in [4.78, 5) is 24.0. The molecule has 0 unspecified atom stereocenters. The molecule has 0 radical (unpaired) electrons. The minimum Gasteiger partial charge on any atom is -0.390 e. The fourth-order valence-corrected chi connectivity index (χ4v) is 0.913. The first-order valence-corrected chi connectivity index (χ1v) is 3.91. The lowest BCUT2D eigenvalue weighted by molar-refractivity contribution is -0.396. The van der Waals surface area contributed by atoms with Gasteiger partial charge in [-0.3, -0.25) is 4.79 Å². The Balaban J connectivity index is 2.82. The highest BCUT2D eigenvalue weighted by Gasteiger charge is 2.15. The van der Waals surface area contributed by atoms with Gasteiger partial charge < -0.3 is 10.1 Å². The summed E-state index contributed by atoms with van der Waals surface area (Å²) in [5.41, 5.74) is 0. The Bertz CT molecular complexity index is 336. The molecule has 0 amide bonds. The van der Waals surface area contributed by atoms with E-state index in [1.807, 2.05) is 0 Å². The van der Waals surface area contributed by atoms with Crippen molar-refractivity contribution < 1.29 is 9.72 Å². The van der Waals surface area contributed by atoms with E-state index in [2.05, 4.69) is 4.98 Å². The minimum absolute atomic E-state index is 0.111. The van der Waals surface area contributed by atoms with Crippen LogP contribution in [0.25, 0.3) is 0 Å². The van der Waals surface area contributed by atoms with Gasteiger partial charge in [-0.25, -0.2) is 4.57 Å². The zero-order chi connectivity index (χ0) is 9.84. The van der Waals surface area contributed by atoms with Gasteiger partial charge in [0.25, 0.3) is 0 Å². The summed E-state index contributed by atoms with van der Waals surface area (Å²) in [5, 5.41) is 10.3. The van der Waals surface area contributed by atoms with E-state index in [-0.39, 0.29) is 24.2 Å². The Hall–Kier alpha value is -1.43. The Morgan fingerprint density at radius 1 is 1.77 bits per heavy atom. The third-order valence-electron chi connectivity index (χ3n) is 1.35. The van der Waals surface area contributed by atoms with Crippen molar-refractivity contribution in [3.8, 4) is 0 Å². The number of Topliss-reactive ketones (excluding diaryl/α,β-unsaturated/α-hetero) is 1. The van der Waals surface area contributed by atoms with Crippen molar-refractivity contribution in [2.24, 2.45) is 0 Å². The van der Waals surface area contributed by atoms with Crippen LogP contribution in [0.3, 0.4) is 0 Å². The molecule has 1 rings (SSSR count). The van der Waals surface area contributed by atoms with Crippen molar-refractivity contribution in [2.75, 3.05) is 5.88 Å². The summed E-state index contributed by atoms with van der Waals surface area (Å²) >= 11 is 5.25. The standard InChI is InChI=1S/C6H6ClN3O3/c7-3-5(11)4-9-2-1-8-6(9)10(12)13/h1-2H,3-4H2. The normalized spacial score (nSPS) is 9.92. The van der Waals surface area contributed by atoms with Gasteiger partial charge in [0.15, 0.2) is 5.78 Å². The highest BCUT2D eigenvalue weighted by Crippen LogP contribution is 2.06. The monoisotopic (exact) mass is 203 g/mol. The average molecular weight is 204 g/mol. The number of alkyl halides is 1. The van der Waals surface area contributed by atoms with E-state index in [0.717, 1.165) is 4.57 Å². The number of carbonyl (C=O) groups excluding carboxylic acids is 1. The van der Waals surface area contributed by atoms with Crippen molar-refractivity contribution in [3.05, 3.63) is 22.5 Å². The molecular formula is C6H6ClN3O3. The molecule has 0 aromatic carbocycles. The fourth-order valence-electron chi connectivity index (χ4n) is 0.829. The maximum Gasteiger partial charge on any atom is 0.434 e. The molecule has 13 heavy (non-hydrogen) atoms. The summed E-state index contributed by atoms with van der Waals surface area (Å²) in [7, 11) is 0. The quantitative estimate of drug-likeness (QED) is 0.408. The van der Waals surface area contributed by atoms with Gasteiger partial charge in [-0.05, 0) is 4.92 Å². The molecule has 0 atom stereocenters. The van der Waals surface area contributed by atoms with Gasteiger partial charge in [0.1, 0.15) is 18.9 Å². The van der Waals surface area contributed by atoms with E-state index in [4.69, 9.17) is 11.6 Å². The molecule has 1 aromatic heterocycles. The Labute approximate surface area is 78.3 Å². The van der Waals surface area contributed by atoms with Crippen LogP contribution in [0, 0.1) is 10.1 Å². The van der Waals surface area contributed by atoms with Crippen LogP contribution < -0.4 is 0 Å². The third-order valence-corrected chi connectivity index (χ3v) is 1.65. The number of aromatic nitrogens is 2. The lowest BCUT2D eigenvalue weighted by atomic mass is 10.4. The SMILES string of the molecule is O=C(CCl)Cn1ccnc1[N+](=O)[O-]. The van der Waals surface area contributed by atoms with Gasteiger partial charge in [0.2, 0.25) is 0 Å². The number of ketones is 1. The topological polar surface area (TPSA) is 78.0 Å². The van der Waals surface area contributed by atoms with E-state index in [1.54, 1.807) is 0 Å². The number of imidazole rings is 1. The third kappa shape index (κ3) is 2.25.